The van der Waals surface area contributed by atoms with Gasteiger partial charge in [-0.3, -0.25) is 0 Å². The van der Waals surface area contributed by atoms with Gasteiger partial charge in [0.25, 0.3) is 0 Å². The van der Waals surface area contributed by atoms with Crippen molar-refractivity contribution in [3.05, 3.63) is 189 Å². The molecule has 6 aromatic carbocycles. The van der Waals surface area contributed by atoms with E-state index < -0.39 is 0 Å². The molecule has 1 fully saturated rings. The van der Waals surface area contributed by atoms with Gasteiger partial charge < -0.3 is 0 Å². The van der Waals surface area contributed by atoms with Gasteiger partial charge in [-0.15, -0.1) is 0 Å². The summed E-state index contributed by atoms with van der Waals surface area (Å²) in [5.41, 5.74) is 19.3. The smallest absolute Gasteiger partial charge is 0.0210 e. The van der Waals surface area contributed by atoms with Crippen LogP contribution in [0.5, 0.6) is 0 Å². The van der Waals surface area contributed by atoms with Gasteiger partial charge in [-0.25, -0.2) is 0 Å². The molecule has 0 aliphatic heterocycles. The van der Waals surface area contributed by atoms with Crippen LogP contribution in [0.2, 0.25) is 0 Å². The van der Waals surface area contributed by atoms with Crippen molar-refractivity contribution in [2.75, 3.05) is 0 Å². The standard InChI is InChI=1S/C66H84/c1-59(2,3)47-23-19-45(20-24-47)55-37-35-53(63(13,14)15)43-57(55)65(51-31-27-49(28-32-51)61(7,8)9)39-41-66(42-40-65,52-33-29-50(30-34-52)62(10,11)12)58-44-54(64(16,17)18)36-38-56(58)46-21-25-48(26-22-46)60(4,5)6/h19-38,43-44H,39-42H2,1-18H3. The van der Waals surface area contributed by atoms with E-state index in [9.17, 15) is 0 Å². The van der Waals surface area contributed by atoms with E-state index in [1.54, 1.807) is 0 Å². The van der Waals surface area contributed by atoms with Crippen LogP contribution in [0.3, 0.4) is 0 Å². The highest BCUT2D eigenvalue weighted by Crippen LogP contribution is 2.58. The van der Waals surface area contributed by atoms with Crippen molar-refractivity contribution in [3.63, 3.8) is 0 Å². The Morgan fingerprint density at radius 3 is 0.697 bits per heavy atom. The highest BCUT2D eigenvalue weighted by Gasteiger charge is 2.49. The summed E-state index contributed by atoms with van der Waals surface area (Å²) in [4.78, 5) is 0. The molecule has 0 amide bonds. The van der Waals surface area contributed by atoms with Crippen molar-refractivity contribution < 1.29 is 0 Å². The van der Waals surface area contributed by atoms with E-state index in [4.69, 9.17) is 0 Å². The normalized spacial score (nSPS) is 18.9. The van der Waals surface area contributed by atoms with E-state index in [0.29, 0.717) is 0 Å². The molecule has 0 unspecified atom stereocenters. The van der Waals surface area contributed by atoms with Crippen molar-refractivity contribution >= 4 is 0 Å². The van der Waals surface area contributed by atoms with Crippen molar-refractivity contribution in [1.82, 2.24) is 0 Å². The van der Waals surface area contributed by atoms with Gasteiger partial charge in [0.2, 0.25) is 0 Å². The third kappa shape index (κ3) is 9.82. The summed E-state index contributed by atoms with van der Waals surface area (Å²) < 4.78 is 0. The summed E-state index contributed by atoms with van der Waals surface area (Å²) in [5.74, 6) is 0. The van der Waals surface area contributed by atoms with Gasteiger partial charge in [-0.1, -0.05) is 258 Å². The molecule has 1 aliphatic rings. The van der Waals surface area contributed by atoms with Crippen LogP contribution >= 0.6 is 0 Å². The number of benzene rings is 6. The lowest BCUT2D eigenvalue weighted by atomic mass is 9.53. The van der Waals surface area contributed by atoms with Gasteiger partial charge in [-0.05, 0) is 136 Å². The fourth-order valence-corrected chi connectivity index (χ4v) is 10.7. The van der Waals surface area contributed by atoms with Crippen molar-refractivity contribution in [2.45, 2.75) is 194 Å². The second kappa shape index (κ2) is 17.1. The van der Waals surface area contributed by atoms with Crippen LogP contribution in [0.25, 0.3) is 22.3 Å². The second-order valence-electron chi connectivity index (χ2n) is 26.5. The van der Waals surface area contributed by atoms with Crippen LogP contribution in [0, 0.1) is 0 Å². The number of hydrogen-bond donors (Lipinski definition) is 0. The van der Waals surface area contributed by atoms with Crippen molar-refractivity contribution in [3.8, 4) is 22.3 Å². The molecular weight excluding hydrogens is 793 g/mol. The SMILES string of the molecule is CC(C)(C)c1ccc(-c2ccc(C(C)(C)C)cc2C2(c3ccc(C(C)(C)C)cc3)CCC(c3ccc(C(C)(C)C)cc3)(c3cc(C(C)(C)C)ccc3-c3ccc(C(C)(C)C)cc3)CC2)cc1. The molecule has 7 rings (SSSR count). The predicted octanol–water partition coefficient (Wildman–Crippen LogP) is 18.7. The van der Waals surface area contributed by atoms with Gasteiger partial charge >= 0.3 is 0 Å². The van der Waals surface area contributed by atoms with E-state index in [1.165, 1.54) is 77.9 Å². The second-order valence-corrected chi connectivity index (χ2v) is 26.5. The Kier molecular flexibility index (Phi) is 12.8. The van der Waals surface area contributed by atoms with E-state index in [2.05, 4.69) is 258 Å². The molecule has 0 heterocycles. The van der Waals surface area contributed by atoms with Crippen LogP contribution in [0.15, 0.2) is 133 Å². The Morgan fingerprint density at radius 2 is 0.470 bits per heavy atom. The highest BCUT2D eigenvalue weighted by molar-refractivity contribution is 5.74. The maximum atomic E-state index is 2.62. The summed E-state index contributed by atoms with van der Waals surface area (Å²) in [6.45, 7) is 42.2. The maximum absolute atomic E-state index is 2.62. The van der Waals surface area contributed by atoms with Crippen molar-refractivity contribution in [1.29, 1.82) is 0 Å². The average molecular weight is 877 g/mol. The molecule has 0 nitrogen and oxygen atoms in total. The van der Waals surface area contributed by atoms with Gasteiger partial charge in [0, 0.05) is 10.8 Å². The minimum absolute atomic E-state index is 0.00127. The maximum Gasteiger partial charge on any atom is 0.0210 e. The minimum atomic E-state index is -0.222. The molecule has 348 valence electrons. The zero-order valence-corrected chi connectivity index (χ0v) is 44.5. The zero-order chi connectivity index (χ0) is 48.5. The van der Waals surface area contributed by atoms with Gasteiger partial charge in [0.1, 0.15) is 0 Å². The summed E-state index contributed by atoms with van der Waals surface area (Å²) >= 11 is 0. The lowest BCUT2D eigenvalue weighted by Gasteiger charge is -2.50. The van der Waals surface area contributed by atoms with Crippen LogP contribution in [0.1, 0.15) is 206 Å². The molecule has 6 aromatic rings. The van der Waals surface area contributed by atoms with E-state index >= 15 is 0 Å². The Hall–Kier alpha value is -4.68. The molecule has 66 heavy (non-hydrogen) atoms. The first-order valence-electron chi connectivity index (χ1n) is 25.2. The topological polar surface area (TPSA) is 0 Å². The van der Waals surface area contributed by atoms with E-state index in [-0.39, 0.29) is 43.3 Å². The quantitative estimate of drug-likeness (QED) is 0.156. The summed E-state index contributed by atoms with van der Waals surface area (Å²) in [7, 11) is 0. The lowest BCUT2D eigenvalue weighted by molar-refractivity contribution is 0.257. The molecule has 0 heteroatoms. The Balaban J connectivity index is 1.51. The fourth-order valence-electron chi connectivity index (χ4n) is 10.7. The molecule has 0 spiro atoms. The molecule has 0 radical (unpaired) electrons. The van der Waals surface area contributed by atoms with E-state index in [0.717, 1.165) is 25.7 Å². The monoisotopic (exact) mass is 877 g/mol. The molecule has 0 N–H and O–H groups in total. The van der Waals surface area contributed by atoms with Crippen LogP contribution in [0.4, 0.5) is 0 Å². The molecule has 0 saturated heterocycles. The van der Waals surface area contributed by atoms with Gasteiger partial charge in [-0.2, -0.15) is 0 Å². The molecular formula is C66H84. The molecule has 0 aromatic heterocycles. The minimum Gasteiger partial charge on any atom is -0.0582 e. The Labute approximate surface area is 403 Å². The zero-order valence-electron chi connectivity index (χ0n) is 44.5. The van der Waals surface area contributed by atoms with Crippen LogP contribution in [-0.2, 0) is 43.3 Å². The summed E-state index contributed by atoms with van der Waals surface area (Å²) in [6, 6.07) is 53.8. The van der Waals surface area contributed by atoms with Crippen LogP contribution < -0.4 is 0 Å². The predicted molar refractivity (Wildman–Crippen MR) is 289 cm³/mol. The first-order valence-corrected chi connectivity index (χ1v) is 25.2. The molecule has 0 atom stereocenters. The lowest BCUT2D eigenvalue weighted by Crippen LogP contribution is -2.42. The third-order valence-corrected chi connectivity index (χ3v) is 15.5. The van der Waals surface area contributed by atoms with Gasteiger partial charge in [0.05, 0.1) is 0 Å². The largest absolute Gasteiger partial charge is 0.0582 e. The molecule has 0 bridgehead atoms. The first kappa shape index (κ1) is 49.2. The number of hydrogen-bond acceptors (Lipinski definition) is 0. The Bertz CT molecular complexity index is 2420. The average Bonchev–Trinajstić information content (AvgIpc) is 3.24. The van der Waals surface area contributed by atoms with Gasteiger partial charge in [0.15, 0.2) is 0 Å². The highest BCUT2D eigenvalue weighted by atomic mass is 14.5. The fraction of sp³-hybridized carbons (Fsp3) is 0.455. The number of rotatable bonds is 6. The summed E-state index contributed by atoms with van der Waals surface area (Å²) in [6.07, 6.45) is 4.08. The summed E-state index contributed by atoms with van der Waals surface area (Å²) in [5, 5.41) is 0. The first-order chi connectivity index (χ1) is 30.4. The van der Waals surface area contributed by atoms with E-state index in [1.807, 2.05) is 0 Å². The van der Waals surface area contributed by atoms with Crippen LogP contribution in [-0.4, -0.2) is 0 Å². The Morgan fingerprint density at radius 1 is 0.258 bits per heavy atom. The third-order valence-electron chi connectivity index (χ3n) is 15.5. The molecule has 1 aliphatic carbocycles. The van der Waals surface area contributed by atoms with Crippen molar-refractivity contribution in [2.24, 2.45) is 0 Å². The molecule has 1 saturated carbocycles.